The second-order valence-electron chi connectivity index (χ2n) is 9.39. The lowest BCUT2D eigenvalue weighted by atomic mass is 9.57. The molecule has 1 heterocycles. The number of hydrogen-bond donors (Lipinski definition) is 2. The molecule has 2 aliphatic rings. The van der Waals surface area contributed by atoms with E-state index >= 15 is 0 Å². The van der Waals surface area contributed by atoms with E-state index < -0.39 is 0 Å². The predicted octanol–water partition coefficient (Wildman–Crippen LogP) is 2.49. The van der Waals surface area contributed by atoms with Crippen molar-refractivity contribution in [3.63, 3.8) is 0 Å². The van der Waals surface area contributed by atoms with Gasteiger partial charge in [-0.25, -0.2) is 4.39 Å². The molecular formula is C21H30FN3O2. The first-order valence-electron chi connectivity index (χ1n) is 9.63. The third kappa shape index (κ3) is 4.86. The number of aryl methyl sites for hydroxylation is 1. The van der Waals surface area contributed by atoms with Crippen molar-refractivity contribution in [1.29, 1.82) is 0 Å². The number of benzene rings is 1. The summed E-state index contributed by atoms with van der Waals surface area (Å²) in [6.07, 6.45) is 2.18. The Hall–Kier alpha value is -1.95. The number of nitrogens with zero attached hydrogens (tertiary/aromatic N) is 1. The number of carbonyl (C=O) groups is 2. The SMILES string of the molecule is Cc1cc(F)ccc1C(=O)NCC1CC2(C1)CN(CC(=O)NC(C)(C)C)C2. The quantitative estimate of drug-likeness (QED) is 0.831. The van der Waals surface area contributed by atoms with E-state index in [0.717, 1.165) is 25.9 Å². The Balaban J connectivity index is 1.36. The summed E-state index contributed by atoms with van der Waals surface area (Å²) in [5, 5.41) is 5.97. The van der Waals surface area contributed by atoms with Gasteiger partial charge in [0.25, 0.3) is 5.91 Å². The summed E-state index contributed by atoms with van der Waals surface area (Å²) in [4.78, 5) is 26.4. The molecule has 5 nitrogen and oxygen atoms in total. The highest BCUT2D eigenvalue weighted by Crippen LogP contribution is 2.51. The summed E-state index contributed by atoms with van der Waals surface area (Å²) in [5.74, 6) is 0.105. The van der Waals surface area contributed by atoms with E-state index in [1.807, 2.05) is 20.8 Å². The average molecular weight is 375 g/mol. The van der Waals surface area contributed by atoms with Gasteiger partial charge in [0.15, 0.2) is 0 Å². The van der Waals surface area contributed by atoms with Crippen LogP contribution in [0.15, 0.2) is 18.2 Å². The molecule has 0 atom stereocenters. The van der Waals surface area contributed by atoms with Crippen LogP contribution in [-0.4, -0.2) is 48.4 Å². The van der Waals surface area contributed by atoms with Crippen LogP contribution in [0.5, 0.6) is 0 Å². The molecule has 1 saturated heterocycles. The van der Waals surface area contributed by atoms with Crippen LogP contribution in [0.4, 0.5) is 4.39 Å². The smallest absolute Gasteiger partial charge is 0.251 e. The highest BCUT2D eigenvalue weighted by atomic mass is 19.1. The van der Waals surface area contributed by atoms with E-state index in [4.69, 9.17) is 0 Å². The summed E-state index contributed by atoms with van der Waals surface area (Å²) in [5.41, 5.74) is 1.33. The monoisotopic (exact) mass is 375 g/mol. The van der Waals surface area contributed by atoms with Gasteiger partial charge in [-0.2, -0.15) is 0 Å². The number of likely N-dealkylation sites (tertiary alicyclic amines) is 1. The minimum Gasteiger partial charge on any atom is -0.352 e. The summed E-state index contributed by atoms with van der Waals surface area (Å²) in [7, 11) is 0. The van der Waals surface area contributed by atoms with E-state index in [1.165, 1.54) is 18.2 Å². The molecular weight excluding hydrogens is 345 g/mol. The van der Waals surface area contributed by atoms with Gasteiger partial charge < -0.3 is 10.6 Å². The zero-order chi connectivity index (χ0) is 19.8. The molecule has 2 fully saturated rings. The van der Waals surface area contributed by atoms with Gasteiger partial charge in [0.2, 0.25) is 5.91 Å². The van der Waals surface area contributed by atoms with Crippen molar-refractivity contribution >= 4 is 11.8 Å². The summed E-state index contributed by atoms with van der Waals surface area (Å²) in [6.45, 7) is 10.8. The standard InChI is InChI=1S/C21H30FN3O2/c1-14-7-16(22)5-6-17(14)19(27)23-10-15-8-21(9-15)12-25(13-21)11-18(26)24-20(2,3)4/h5-7,15H,8-13H2,1-4H3,(H,23,27)(H,24,26). The van der Waals surface area contributed by atoms with Gasteiger partial charge in [-0.1, -0.05) is 0 Å². The fourth-order valence-electron chi connectivity index (χ4n) is 4.46. The first-order valence-corrected chi connectivity index (χ1v) is 9.63. The van der Waals surface area contributed by atoms with E-state index in [9.17, 15) is 14.0 Å². The average Bonchev–Trinajstić information content (AvgIpc) is 2.44. The second kappa shape index (κ2) is 7.23. The molecule has 1 spiro atoms. The van der Waals surface area contributed by atoms with Crippen LogP contribution in [0.3, 0.4) is 0 Å². The number of nitrogens with one attached hydrogen (secondary N) is 2. The van der Waals surface area contributed by atoms with Crippen molar-refractivity contribution in [1.82, 2.24) is 15.5 Å². The summed E-state index contributed by atoms with van der Waals surface area (Å²) >= 11 is 0. The first kappa shape index (κ1) is 19.8. The maximum Gasteiger partial charge on any atom is 0.251 e. The molecule has 1 saturated carbocycles. The third-order valence-corrected chi connectivity index (χ3v) is 5.43. The van der Waals surface area contributed by atoms with Crippen molar-refractivity contribution in [2.75, 3.05) is 26.2 Å². The molecule has 27 heavy (non-hydrogen) atoms. The van der Waals surface area contributed by atoms with Gasteiger partial charge in [0.05, 0.1) is 6.54 Å². The largest absolute Gasteiger partial charge is 0.352 e. The van der Waals surface area contributed by atoms with E-state index in [0.29, 0.717) is 35.5 Å². The van der Waals surface area contributed by atoms with E-state index in [2.05, 4.69) is 15.5 Å². The van der Waals surface area contributed by atoms with Gasteiger partial charge in [0.1, 0.15) is 5.82 Å². The van der Waals surface area contributed by atoms with Crippen LogP contribution >= 0.6 is 0 Å². The fourth-order valence-corrected chi connectivity index (χ4v) is 4.46. The maximum absolute atomic E-state index is 13.2. The van der Waals surface area contributed by atoms with Crippen LogP contribution in [0.25, 0.3) is 0 Å². The van der Waals surface area contributed by atoms with Crippen LogP contribution < -0.4 is 10.6 Å². The Morgan fingerprint density at radius 1 is 1.26 bits per heavy atom. The van der Waals surface area contributed by atoms with Gasteiger partial charge in [-0.15, -0.1) is 0 Å². The first-order chi connectivity index (χ1) is 12.6. The zero-order valence-electron chi connectivity index (χ0n) is 16.7. The van der Waals surface area contributed by atoms with Gasteiger partial charge in [0, 0.05) is 30.7 Å². The lowest BCUT2D eigenvalue weighted by molar-refractivity contribution is -0.133. The molecule has 1 aromatic rings. The molecule has 1 aromatic carbocycles. The summed E-state index contributed by atoms with van der Waals surface area (Å²) < 4.78 is 13.2. The van der Waals surface area contributed by atoms with Crippen LogP contribution in [0, 0.1) is 24.1 Å². The topological polar surface area (TPSA) is 61.4 Å². The lowest BCUT2D eigenvalue weighted by Crippen LogP contribution is -2.64. The van der Waals surface area contributed by atoms with Crippen molar-refractivity contribution in [2.24, 2.45) is 11.3 Å². The van der Waals surface area contributed by atoms with Gasteiger partial charge >= 0.3 is 0 Å². The Labute approximate surface area is 160 Å². The number of rotatable bonds is 5. The molecule has 1 aliphatic carbocycles. The minimum atomic E-state index is -0.323. The van der Waals surface area contributed by atoms with Crippen LogP contribution in [-0.2, 0) is 4.79 Å². The van der Waals surface area contributed by atoms with Gasteiger partial charge in [-0.3, -0.25) is 14.5 Å². The molecule has 2 amide bonds. The number of amides is 2. The summed E-state index contributed by atoms with van der Waals surface area (Å²) in [6, 6.07) is 4.24. The predicted molar refractivity (Wildman–Crippen MR) is 103 cm³/mol. The Morgan fingerprint density at radius 3 is 2.52 bits per heavy atom. The second-order valence-corrected chi connectivity index (χ2v) is 9.39. The molecule has 148 valence electrons. The van der Waals surface area contributed by atoms with E-state index in [1.54, 1.807) is 6.92 Å². The molecule has 0 radical (unpaired) electrons. The molecule has 0 unspecified atom stereocenters. The highest BCUT2D eigenvalue weighted by Gasteiger charge is 2.52. The Bertz CT molecular complexity index is 727. The highest BCUT2D eigenvalue weighted by molar-refractivity contribution is 5.95. The lowest BCUT2D eigenvalue weighted by Gasteiger charge is -2.59. The van der Waals surface area contributed by atoms with Crippen LogP contribution in [0.2, 0.25) is 0 Å². The maximum atomic E-state index is 13.2. The molecule has 0 aromatic heterocycles. The van der Waals surface area contributed by atoms with Crippen molar-refractivity contribution in [2.45, 2.75) is 46.1 Å². The van der Waals surface area contributed by atoms with Crippen molar-refractivity contribution in [3.8, 4) is 0 Å². The molecule has 2 N–H and O–H groups in total. The molecule has 6 heteroatoms. The van der Waals surface area contributed by atoms with Crippen LogP contribution in [0.1, 0.15) is 49.5 Å². The van der Waals surface area contributed by atoms with Crippen molar-refractivity contribution < 1.29 is 14.0 Å². The third-order valence-electron chi connectivity index (χ3n) is 5.43. The normalized spacial score (nSPS) is 19.3. The number of hydrogen-bond acceptors (Lipinski definition) is 3. The van der Waals surface area contributed by atoms with E-state index in [-0.39, 0.29) is 23.2 Å². The molecule has 1 aliphatic heterocycles. The number of carbonyl (C=O) groups excluding carboxylic acids is 2. The van der Waals surface area contributed by atoms with Crippen molar-refractivity contribution in [3.05, 3.63) is 35.1 Å². The Kier molecular flexibility index (Phi) is 5.30. The molecule has 3 rings (SSSR count). The Morgan fingerprint density at radius 2 is 1.93 bits per heavy atom. The van der Waals surface area contributed by atoms with Gasteiger partial charge in [-0.05, 0) is 75.6 Å². The minimum absolute atomic E-state index is 0.0788. The zero-order valence-corrected chi connectivity index (χ0v) is 16.7. The number of halogens is 1. The fraction of sp³-hybridized carbons (Fsp3) is 0.619. The molecule has 0 bridgehead atoms.